The molecule has 0 spiro atoms. The first-order valence-corrected chi connectivity index (χ1v) is 7.95. The van der Waals surface area contributed by atoms with Crippen LogP contribution in [0.15, 0.2) is 26.4 Å². The Morgan fingerprint density at radius 3 is 2.56 bits per heavy atom. The van der Waals surface area contributed by atoms with Crippen LogP contribution in [-0.4, -0.2) is 23.6 Å². The number of halogens is 1. The zero-order chi connectivity index (χ0) is 12.1. The third-order valence-electron chi connectivity index (χ3n) is 2.12. The number of aryl methyl sites for hydroxylation is 1. The number of hydrogen-bond donors (Lipinski definition) is 1. The number of carboxylic acids is 1. The minimum absolute atomic E-state index is 0.179. The van der Waals surface area contributed by atoms with E-state index >= 15 is 0 Å². The Bertz CT molecular complexity index is 394. The highest BCUT2D eigenvalue weighted by molar-refractivity contribution is 9.10. The number of hydrogen-bond acceptors (Lipinski definition) is 3. The Hall–Kier alpha value is -0.130. The van der Waals surface area contributed by atoms with Crippen LogP contribution >= 0.6 is 39.5 Å². The second-order valence-electron chi connectivity index (χ2n) is 3.21. The van der Waals surface area contributed by atoms with Crippen molar-refractivity contribution in [1.82, 2.24) is 0 Å². The predicted octanol–water partition coefficient (Wildman–Crippen LogP) is 3.91. The van der Waals surface area contributed by atoms with Gasteiger partial charge in [0.05, 0.1) is 0 Å². The smallest absolute Gasteiger partial charge is 0.303 e. The van der Waals surface area contributed by atoms with Gasteiger partial charge in [-0.1, -0.05) is 0 Å². The van der Waals surface area contributed by atoms with Crippen LogP contribution in [0.25, 0.3) is 0 Å². The lowest BCUT2D eigenvalue weighted by Crippen LogP contribution is -1.98. The number of thioether (sulfide) groups is 2. The molecule has 0 atom stereocenters. The summed E-state index contributed by atoms with van der Waals surface area (Å²) in [7, 11) is 0. The maximum atomic E-state index is 10.5. The van der Waals surface area contributed by atoms with Crippen molar-refractivity contribution in [1.29, 1.82) is 0 Å². The van der Waals surface area contributed by atoms with E-state index in [1.165, 1.54) is 9.79 Å². The average Bonchev–Trinajstić information content (AvgIpc) is 2.25. The molecule has 88 valence electrons. The predicted molar refractivity (Wildman–Crippen MR) is 73.7 cm³/mol. The molecule has 0 bridgehead atoms. The number of aliphatic carboxylic acids is 1. The maximum Gasteiger partial charge on any atom is 0.303 e. The van der Waals surface area contributed by atoms with Gasteiger partial charge in [-0.3, -0.25) is 4.79 Å². The van der Waals surface area contributed by atoms with Gasteiger partial charge < -0.3 is 5.11 Å². The number of carbonyl (C=O) groups is 1. The Morgan fingerprint density at radius 1 is 1.38 bits per heavy atom. The molecule has 0 amide bonds. The number of rotatable bonds is 5. The molecule has 1 aromatic rings. The summed E-state index contributed by atoms with van der Waals surface area (Å²) in [6.07, 6.45) is 4.83. The first-order valence-electron chi connectivity index (χ1n) is 4.70. The van der Waals surface area contributed by atoms with E-state index in [-0.39, 0.29) is 6.42 Å². The first-order chi connectivity index (χ1) is 7.58. The molecule has 1 aromatic carbocycles. The summed E-state index contributed by atoms with van der Waals surface area (Å²) in [4.78, 5) is 12.9. The molecule has 0 saturated carbocycles. The van der Waals surface area contributed by atoms with Gasteiger partial charge in [0.2, 0.25) is 0 Å². The van der Waals surface area contributed by atoms with Crippen molar-refractivity contribution in [2.45, 2.75) is 22.6 Å². The summed E-state index contributed by atoms with van der Waals surface area (Å²) in [6, 6.07) is 4.08. The lowest BCUT2D eigenvalue weighted by atomic mass is 10.1. The molecular formula is C11H13BrO2S2. The van der Waals surface area contributed by atoms with E-state index in [4.69, 9.17) is 5.11 Å². The molecule has 0 fully saturated rings. The van der Waals surface area contributed by atoms with Crippen LogP contribution in [-0.2, 0) is 11.2 Å². The molecule has 0 saturated heterocycles. The highest BCUT2D eigenvalue weighted by Gasteiger charge is 2.08. The highest BCUT2D eigenvalue weighted by atomic mass is 79.9. The third-order valence-corrected chi connectivity index (χ3v) is 4.75. The molecule has 16 heavy (non-hydrogen) atoms. The molecule has 0 aliphatic carbocycles. The molecule has 0 aliphatic rings. The van der Waals surface area contributed by atoms with Crippen molar-refractivity contribution in [3.05, 3.63) is 22.2 Å². The van der Waals surface area contributed by atoms with Crippen molar-refractivity contribution in [3.8, 4) is 0 Å². The Labute approximate surface area is 112 Å². The SMILES string of the molecule is CSc1cc(CCC(=O)O)cc(Br)c1SC. The maximum absolute atomic E-state index is 10.5. The van der Waals surface area contributed by atoms with Gasteiger partial charge in [-0.05, 0) is 52.6 Å². The summed E-state index contributed by atoms with van der Waals surface area (Å²) in [5.41, 5.74) is 1.07. The quantitative estimate of drug-likeness (QED) is 0.835. The van der Waals surface area contributed by atoms with E-state index in [0.29, 0.717) is 6.42 Å². The monoisotopic (exact) mass is 320 g/mol. The summed E-state index contributed by atoms with van der Waals surface area (Å²) in [6.45, 7) is 0. The first kappa shape index (κ1) is 13.9. The molecular weight excluding hydrogens is 308 g/mol. The van der Waals surface area contributed by atoms with E-state index in [1.807, 2.05) is 18.6 Å². The van der Waals surface area contributed by atoms with Gasteiger partial charge >= 0.3 is 5.97 Å². The van der Waals surface area contributed by atoms with Gasteiger partial charge in [0.15, 0.2) is 0 Å². The Balaban J connectivity index is 2.96. The molecule has 1 N–H and O–H groups in total. The van der Waals surface area contributed by atoms with Crippen molar-refractivity contribution >= 4 is 45.4 Å². The minimum Gasteiger partial charge on any atom is -0.481 e. The van der Waals surface area contributed by atoms with Gasteiger partial charge in [0.1, 0.15) is 0 Å². The molecule has 0 aromatic heterocycles. The second kappa shape index (κ2) is 6.57. The third kappa shape index (κ3) is 3.71. The van der Waals surface area contributed by atoms with Crippen LogP contribution in [0, 0.1) is 0 Å². The summed E-state index contributed by atoms with van der Waals surface area (Å²) < 4.78 is 1.05. The van der Waals surface area contributed by atoms with Crippen LogP contribution in [0.4, 0.5) is 0 Å². The van der Waals surface area contributed by atoms with Crippen LogP contribution < -0.4 is 0 Å². The molecule has 2 nitrogen and oxygen atoms in total. The van der Waals surface area contributed by atoms with Crippen LogP contribution in [0.5, 0.6) is 0 Å². The largest absolute Gasteiger partial charge is 0.481 e. The van der Waals surface area contributed by atoms with Gasteiger partial charge in [-0.2, -0.15) is 0 Å². The zero-order valence-electron chi connectivity index (χ0n) is 9.12. The highest BCUT2D eigenvalue weighted by Crippen LogP contribution is 2.36. The fourth-order valence-corrected chi connectivity index (χ4v) is 4.07. The second-order valence-corrected chi connectivity index (χ2v) is 5.73. The molecule has 0 heterocycles. The molecule has 0 aliphatic heterocycles. The van der Waals surface area contributed by atoms with E-state index < -0.39 is 5.97 Å². The van der Waals surface area contributed by atoms with Gasteiger partial charge in [-0.25, -0.2) is 0 Å². The standard InChI is InChI=1S/C11H13BrO2S2/c1-15-9-6-7(3-4-10(13)14)5-8(12)11(9)16-2/h5-6H,3-4H2,1-2H3,(H,13,14). The molecule has 1 rings (SSSR count). The van der Waals surface area contributed by atoms with E-state index in [1.54, 1.807) is 23.5 Å². The molecule has 0 radical (unpaired) electrons. The van der Waals surface area contributed by atoms with Gasteiger partial charge in [-0.15, -0.1) is 23.5 Å². The zero-order valence-corrected chi connectivity index (χ0v) is 12.3. The van der Waals surface area contributed by atoms with Crippen molar-refractivity contribution in [2.75, 3.05) is 12.5 Å². The van der Waals surface area contributed by atoms with Crippen molar-refractivity contribution in [2.24, 2.45) is 0 Å². The molecule has 5 heteroatoms. The summed E-state index contributed by atoms with van der Waals surface area (Å²) >= 11 is 6.90. The van der Waals surface area contributed by atoms with Crippen molar-refractivity contribution < 1.29 is 9.90 Å². The van der Waals surface area contributed by atoms with E-state index in [9.17, 15) is 4.79 Å². The summed E-state index contributed by atoms with van der Waals surface area (Å²) in [5, 5.41) is 8.65. The Kier molecular flexibility index (Phi) is 5.72. The van der Waals surface area contributed by atoms with E-state index in [0.717, 1.165) is 10.0 Å². The average molecular weight is 321 g/mol. The van der Waals surface area contributed by atoms with Crippen molar-refractivity contribution in [3.63, 3.8) is 0 Å². The lowest BCUT2D eigenvalue weighted by molar-refractivity contribution is -0.136. The fraction of sp³-hybridized carbons (Fsp3) is 0.364. The molecule has 0 unspecified atom stereocenters. The topological polar surface area (TPSA) is 37.3 Å². The Morgan fingerprint density at radius 2 is 2.06 bits per heavy atom. The number of benzene rings is 1. The van der Waals surface area contributed by atoms with Gasteiger partial charge in [0, 0.05) is 20.7 Å². The normalized spacial score (nSPS) is 10.4. The summed E-state index contributed by atoms with van der Waals surface area (Å²) in [5.74, 6) is -0.754. The van der Waals surface area contributed by atoms with Crippen LogP contribution in [0.1, 0.15) is 12.0 Å². The number of carboxylic acid groups (broad SMARTS) is 1. The lowest BCUT2D eigenvalue weighted by Gasteiger charge is -2.10. The van der Waals surface area contributed by atoms with Gasteiger partial charge in [0.25, 0.3) is 0 Å². The fourth-order valence-electron chi connectivity index (χ4n) is 1.37. The minimum atomic E-state index is -0.754. The van der Waals surface area contributed by atoms with Crippen LogP contribution in [0.3, 0.4) is 0 Å². The van der Waals surface area contributed by atoms with E-state index in [2.05, 4.69) is 22.0 Å². The van der Waals surface area contributed by atoms with Crippen LogP contribution in [0.2, 0.25) is 0 Å².